The number of alkyl halides is 3. The van der Waals surface area contributed by atoms with Crippen molar-refractivity contribution in [2.24, 2.45) is 0 Å². The van der Waals surface area contributed by atoms with Crippen LogP contribution in [0.1, 0.15) is 42.7 Å². The molecule has 2 heterocycles. The molecule has 0 aliphatic carbocycles. The lowest BCUT2D eigenvalue weighted by Crippen LogP contribution is -2.25. The Hall–Kier alpha value is -1.66. The van der Waals surface area contributed by atoms with E-state index in [-0.39, 0.29) is 0 Å². The zero-order valence-corrected chi connectivity index (χ0v) is 15.2. The molecule has 0 amide bonds. The third-order valence-electron chi connectivity index (χ3n) is 4.70. The molecule has 25 heavy (non-hydrogen) atoms. The fourth-order valence-corrected chi connectivity index (χ4v) is 4.01. The van der Waals surface area contributed by atoms with Crippen LogP contribution in [0.15, 0.2) is 30.3 Å². The minimum absolute atomic E-state index is 0.498. The number of likely N-dealkylation sites (tertiary alicyclic amines) is 1. The summed E-state index contributed by atoms with van der Waals surface area (Å²) in [6, 6.07) is 4.60. The summed E-state index contributed by atoms with van der Waals surface area (Å²) in [4.78, 5) is 7.75. The number of allylic oxidation sites excluding steroid dienone is 1. The summed E-state index contributed by atoms with van der Waals surface area (Å²) < 4.78 is 39.8. The minimum atomic E-state index is -4.39. The molecule has 1 aliphatic rings. The minimum Gasteiger partial charge on any atom is -0.296 e. The number of hydrogen-bond donors (Lipinski definition) is 0. The molecule has 0 bridgehead atoms. The molecular formula is C19H21F3N2S. The van der Waals surface area contributed by atoms with Gasteiger partial charge >= 0.3 is 6.18 Å². The van der Waals surface area contributed by atoms with Crippen LogP contribution in [0.2, 0.25) is 0 Å². The molecule has 2 aromatic rings. The average molecular weight is 366 g/mol. The zero-order chi connectivity index (χ0) is 18.2. The molecule has 0 radical (unpaired) electrons. The lowest BCUT2D eigenvalue weighted by atomic mass is 9.99. The first kappa shape index (κ1) is 18.1. The first-order valence-corrected chi connectivity index (χ1v) is 9.18. The summed E-state index contributed by atoms with van der Waals surface area (Å²) in [5.74, 6) is 0. The van der Waals surface area contributed by atoms with Crippen LogP contribution in [0.5, 0.6) is 0 Å². The van der Waals surface area contributed by atoms with E-state index in [1.165, 1.54) is 23.8 Å². The van der Waals surface area contributed by atoms with Gasteiger partial charge in [0.1, 0.15) is 0 Å². The molecule has 3 rings (SSSR count). The van der Waals surface area contributed by atoms with Gasteiger partial charge < -0.3 is 0 Å². The quantitative estimate of drug-likeness (QED) is 0.675. The van der Waals surface area contributed by atoms with Crippen LogP contribution in [-0.2, 0) is 12.7 Å². The van der Waals surface area contributed by atoms with Crippen LogP contribution in [0, 0.1) is 0 Å². The fraction of sp³-hybridized carbons (Fsp3) is 0.421. The summed E-state index contributed by atoms with van der Waals surface area (Å²) in [5, 5.41) is 0. The van der Waals surface area contributed by atoms with Gasteiger partial charge in [0.2, 0.25) is 0 Å². The second-order valence-electron chi connectivity index (χ2n) is 6.66. The highest BCUT2D eigenvalue weighted by molar-refractivity contribution is 7.10. The van der Waals surface area contributed by atoms with E-state index in [0.717, 1.165) is 30.5 Å². The number of thiazole rings is 1. The molecule has 1 aromatic carbocycles. The Bertz CT molecular complexity index is 779. The standard InChI is InChI=1S/C19H21F3N2S/c1-12(2)14-7-15(9-16(8-14)19(20,21)22)18-17(25-11-23-18)10-24-6-4-5-13(24)3/h7-9,11,13H,1,4-6,10H2,2-3H3/t13-/m1/s1. The molecule has 0 unspecified atom stereocenters. The van der Waals surface area contributed by atoms with Crippen molar-refractivity contribution >= 4 is 16.9 Å². The van der Waals surface area contributed by atoms with Crippen molar-refractivity contribution in [3.63, 3.8) is 0 Å². The highest BCUT2D eigenvalue weighted by atomic mass is 32.1. The Kier molecular flexibility index (Phi) is 5.02. The molecule has 0 N–H and O–H groups in total. The molecule has 1 aromatic heterocycles. The number of nitrogens with zero attached hydrogens (tertiary/aromatic N) is 2. The largest absolute Gasteiger partial charge is 0.416 e. The van der Waals surface area contributed by atoms with E-state index in [1.54, 1.807) is 18.5 Å². The monoisotopic (exact) mass is 366 g/mol. The normalized spacial score (nSPS) is 18.7. The predicted molar refractivity (Wildman–Crippen MR) is 96.4 cm³/mol. The van der Waals surface area contributed by atoms with Crippen molar-refractivity contribution in [2.75, 3.05) is 6.54 Å². The number of halogens is 3. The Labute approximate surface area is 150 Å². The van der Waals surface area contributed by atoms with Crippen LogP contribution in [0.25, 0.3) is 16.8 Å². The number of aromatic nitrogens is 1. The van der Waals surface area contributed by atoms with Crippen LogP contribution >= 0.6 is 11.3 Å². The third-order valence-corrected chi connectivity index (χ3v) is 5.52. The summed E-state index contributed by atoms with van der Waals surface area (Å²) in [7, 11) is 0. The predicted octanol–water partition coefficient (Wildman–Crippen LogP) is 5.85. The van der Waals surface area contributed by atoms with Crippen molar-refractivity contribution < 1.29 is 13.2 Å². The van der Waals surface area contributed by atoms with Gasteiger partial charge in [0, 0.05) is 23.0 Å². The smallest absolute Gasteiger partial charge is 0.296 e. The van der Waals surface area contributed by atoms with Gasteiger partial charge in [-0.15, -0.1) is 11.3 Å². The maximum absolute atomic E-state index is 13.3. The van der Waals surface area contributed by atoms with E-state index in [0.29, 0.717) is 28.4 Å². The van der Waals surface area contributed by atoms with Gasteiger partial charge in [-0.1, -0.05) is 12.2 Å². The lowest BCUT2D eigenvalue weighted by molar-refractivity contribution is -0.137. The Morgan fingerprint density at radius 3 is 2.72 bits per heavy atom. The van der Waals surface area contributed by atoms with E-state index in [1.807, 2.05) is 0 Å². The van der Waals surface area contributed by atoms with Gasteiger partial charge in [-0.25, -0.2) is 4.98 Å². The molecule has 134 valence electrons. The summed E-state index contributed by atoms with van der Waals surface area (Å²) in [5.41, 5.74) is 3.33. The van der Waals surface area contributed by atoms with Gasteiger partial charge in [-0.3, -0.25) is 4.90 Å². The molecule has 1 fully saturated rings. The number of rotatable bonds is 4. The SMILES string of the molecule is C=C(C)c1cc(-c2ncsc2CN2CCC[C@H]2C)cc(C(F)(F)F)c1. The van der Waals surface area contributed by atoms with Crippen molar-refractivity contribution in [3.05, 3.63) is 46.3 Å². The lowest BCUT2D eigenvalue weighted by Gasteiger charge is -2.20. The summed E-state index contributed by atoms with van der Waals surface area (Å²) >= 11 is 1.50. The van der Waals surface area contributed by atoms with Gasteiger partial charge in [0.05, 0.1) is 16.8 Å². The maximum atomic E-state index is 13.3. The van der Waals surface area contributed by atoms with E-state index >= 15 is 0 Å². The Morgan fingerprint density at radius 2 is 2.12 bits per heavy atom. The molecule has 6 heteroatoms. The van der Waals surface area contributed by atoms with E-state index in [9.17, 15) is 13.2 Å². The molecule has 1 atom stereocenters. The van der Waals surface area contributed by atoms with Crippen LogP contribution < -0.4 is 0 Å². The van der Waals surface area contributed by atoms with Gasteiger partial charge in [-0.05, 0) is 57.0 Å². The molecular weight excluding hydrogens is 345 g/mol. The Morgan fingerprint density at radius 1 is 1.36 bits per heavy atom. The fourth-order valence-electron chi connectivity index (χ4n) is 3.20. The van der Waals surface area contributed by atoms with Crippen LogP contribution in [0.4, 0.5) is 13.2 Å². The van der Waals surface area contributed by atoms with Crippen molar-refractivity contribution in [1.29, 1.82) is 0 Å². The second-order valence-corrected chi connectivity index (χ2v) is 7.60. The third kappa shape index (κ3) is 3.96. The zero-order valence-electron chi connectivity index (χ0n) is 14.4. The topological polar surface area (TPSA) is 16.1 Å². The second kappa shape index (κ2) is 6.92. The van der Waals surface area contributed by atoms with Gasteiger partial charge in [0.25, 0.3) is 0 Å². The molecule has 0 saturated carbocycles. The maximum Gasteiger partial charge on any atom is 0.416 e. The van der Waals surface area contributed by atoms with Gasteiger partial charge in [-0.2, -0.15) is 13.2 Å². The van der Waals surface area contributed by atoms with Crippen molar-refractivity contribution in [3.8, 4) is 11.3 Å². The first-order valence-electron chi connectivity index (χ1n) is 8.30. The van der Waals surface area contributed by atoms with Crippen LogP contribution in [0.3, 0.4) is 0 Å². The van der Waals surface area contributed by atoms with Crippen LogP contribution in [-0.4, -0.2) is 22.5 Å². The highest BCUT2D eigenvalue weighted by Crippen LogP contribution is 2.36. The molecule has 2 nitrogen and oxygen atoms in total. The summed E-state index contributed by atoms with van der Waals surface area (Å²) in [6.07, 6.45) is -2.06. The van der Waals surface area contributed by atoms with Gasteiger partial charge in [0.15, 0.2) is 0 Å². The number of benzene rings is 1. The van der Waals surface area contributed by atoms with Crippen molar-refractivity contribution in [2.45, 2.75) is 45.5 Å². The Balaban J connectivity index is 2.00. The first-order chi connectivity index (χ1) is 11.8. The summed E-state index contributed by atoms with van der Waals surface area (Å²) in [6.45, 7) is 9.46. The average Bonchev–Trinajstić information content (AvgIpc) is 3.16. The van der Waals surface area contributed by atoms with E-state index in [4.69, 9.17) is 0 Å². The highest BCUT2D eigenvalue weighted by Gasteiger charge is 2.32. The molecule has 1 aliphatic heterocycles. The molecule has 1 saturated heterocycles. The van der Waals surface area contributed by atoms with E-state index < -0.39 is 11.7 Å². The van der Waals surface area contributed by atoms with E-state index in [2.05, 4.69) is 23.4 Å². The van der Waals surface area contributed by atoms with Crippen molar-refractivity contribution in [1.82, 2.24) is 9.88 Å². The molecule has 0 spiro atoms. The number of hydrogen-bond acceptors (Lipinski definition) is 3.